The van der Waals surface area contributed by atoms with Gasteiger partial charge in [-0.2, -0.15) is 4.98 Å². The monoisotopic (exact) mass is 452 g/mol. The van der Waals surface area contributed by atoms with Crippen LogP contribution in [0.25, 0.3) is 11.4 Å². The van der Waals surface area contributed by atoms with E-state index in [0.717, 1.165) is 22.4 Å². The first-order chi connectivity index (χ1) is 16.5. The Bertz CT molecular complexity index is 1360. The lowest BCUT2D eigenvalue weighted by molar-refractivity contribution is -0.113. The molecule has 2 aromatic carbocycles. The molecule has 0 saturated heterocycles. The smallest absolute Gasteiger partial charge is 0.255 e. The largest absolute Gasteiger partial charge is 0.497 e. The topological polar surface area (TPSA) is 94.0 Å². The third-order valence-electron chi connectivity index (χ3n) is 5.76. The minimum Gasteiger partial charge on any atom is -0.497 e. The molecule has 34 heavy (non-hydrogen) atoms. The lowest BCUT2D eigenvalue weighted by Crippen LogP contribution is -2.31. The van der Waals surface area contributed by atoms with Gasteiger partial charge in [0.1, 0.15) is 11.8 Å². The van der Waals surface area contributed by atoms with Crippen LogP contribution in [0.15, 0.2) is 84.3 Å². The Morgan fingerprint density at radius 2 is 1.82 bits per heavy atom. The predicted molar refractivity (Wildman–Crippen MR) is 131 cm³/mol. The fourth-order valence-corrected chi connectivity index (χ4v) is 4.00. The second-order valence-corrected chi connectivity index (χ2v) is 8.10. The van der Waals surface area contributed by atoms with Gasteiger partial charge in [0.15, 0.2) is 5.82 Å². The van der Waals surface area contributed by atoms with Gasteiger partial charge in [-0.15, -0.1) is 5.10 Å². The van der Waals surface area contributed by atoms with E-state index < -0.39 is 6.04 Å². The number of pyridine rings is 1. The van der Waals surface area contributed by atoms with Gasteiger partial charge < -0.3 is 15.4 Å². The molecule has 4 aromatic rings. The summed E-state index contributed by atoms with van der Waals surface area (Å²) in [6, 6.07) is 18.8. The molecule has 170 valence electrons. The number of nitrogens with one attached hydrogen (secondary N) is 2. The molecule has 1 aliphatic heterocycles. The Morgan fingerprint density at radius 3 is 2.50 bits per heavy atom. The molecule has 8 heteroatoms. The number of hydrogen-bond acceptors (Lipinski definition) is 6. The molecule has 0 saturated carbocycles. The highest BCUT2D eigenvalue weighted by molar-refractivity contribution is 6.05. The van der Waals surface area contributed by atoms with Crippen molar-refractivity contribution in [2.24, 2.45) is 0 Å². The summed E-state index contributed by atoms with van der Waals surface area (Å²) in [4.78, 5) is 22.3. The number of carbonyl (C=O) groups excluding carboxylic acids is 1. The van der Waals surface area contributed by atoms with Gasteiger partial charge in [-0.25, -0.2) is 4.68 Å². The average Bonchev–Trinajstić information content (AvgIpc) is 3.27. The van der Waals surface area contributed by atoms with Gasteiger partial charge in [0, 0.05) is 17.5 Å². The van der Waals surface area contributed by atoms with Crippen molar-refractivity contribution in [2.75, 3.05) is 17.7 Å². The molecule has 5 rings (SSSR count). The van der Waals surface area contributed by atoms with Crippen LogP contribution in [0.4, 0.5) is 11.6 Å². The maximum Gasteiger partial charge on any atom is 0.255 e. The van der Waals surface area contributed by atoms with E-state index in [1.807, 2.05) is 62.4 Å². The van der Waals surface area contributed by atoms with Gasteiger partial charge in [-0.3, -0.25) is 9.78 Å². The first-order valence-electron chi connectivity index (χ1n) is 10.9. The Balaban J connectivity index is 1.59. The van der Waals surface area contributed by atoms with Crippen molar-refractivity contribution in [2.45, 2.75) is 19.9 Å². The van der Waals surface area contributed by atoms with Gasteiger partial charge >= 0.3 is 0 Å². The van der Waals surface area contributed by atoms with Crippen LogP contribution < -0.4 is 15.4 Å². The first kappa shape index (κ1) is 21.4. The number of allylic oxidation sites excluding steroid dienone is 1. The van der Waals surface area contributed by atoms with Crippen LogP contribution in [0, 0.1) is 6.92 Å². The second-order valence-electron chi connectivity index (χ2n) is 8.10. The summed E-state index contributed by atoms with van der Waals surface area (Å²) in [6.45, 7) is 3.91. The van der Waals surface area contributed by atoms with E-state index in [1.54, 1.807) is 36.3 Å². The fraction of sp³-hybridized carbons (Fsp3) is 0.154. The highest BCUT2D eigenvalue weighted by Crippen LogP contribution is 2.37. The SMILES string of the molecule is COc1ccc(C2C(C(=O)Nc3cccnc3)=C(C)Nc3nc(-c4ccc(C)cc4)nn32)cc1. The minimum absolute atomic E-state index is 0.239. The van der Waals surface area contributed by atoms with Crippen LogP contribution >= 0.6 is 0 Å². The minimum atomic E-state index is -0.481. The van der Waals surface area contributed by atoms with E-state index >= 15 is 0 Å². The number of methoxy groups -OCH3 is 1. The Hall–Kier alpha value is -4.46. The molecule has 0 fully saturated rings. The van der Waals surface area contributed by atoms with Crippen LogP contribution in [0.2, 0.25) is 0 Å². The molecule has 2 N–H and O–H groups in total. The first-order valence-corrected chi connectivity index (χ1v) is 10.9. The maximum absolute atomic E-state index is 13.5. The van der Waals surface area contributed by atoms with Gasteiger partial charge in [-0.1, -0.05) is 42.0 Å². The molecule has 0 spiro atoms. The number of amides is 1. The maximum atomic E-state index is 13.5. The van der Waals surface area contributed by atoms with Gasteiger partial charge in [0.05, 0.1) is 24.6 Å². The zero-order valence-electron chi connectivity index (χ0n) is 19.1. The molecule has 0 bridgehead atoms. The summed E-state index contributed by atoms with van der Waals surface area (Å²) in [5, 5.41) is 11.0. The molecular formula is C26H24N6O2. The van der Waals surface area contributed by atoms with Crippen molar-refractivity contribution < 1.29 is 9.53 Å². The number of fused-ring (bicyclic) bond motifs is 1. The van der Waals surface area contributed by atoms with E-state index in [9.17, 15) is 4.79 Å². The third kappa shape index (κ3) is 4.01. The normalized spacial score (nSPS) is 14.9. The van der Waals surface area contributed by atoms with Crippen LogP contribution in [0.3, 0.4) is 0 Å². The number of aryl methyl sites for hydroxylation is 1. The summed E-state index contributed by atoms with van der Waals surface area (Å²) in [5.41, 5.74) is 4.82. The molecule has 1 aliphatic rings. The zero-order chi connectivity index (χ0) is 23.7. The number of ether oxygens (including phenoxy) is 1. The van der Waals surface area contributed by atoms with Crippen LogP contribution in [-0.2, 0) is 4.79 Å². The van der Waals surface area contributed by atoms with E-state index in [2.05, 4.69) is 15.6 Å². The molecule has 0 radical (unpaired) electrons. The van der Waals surface area contributed by atoms with Gasteiger partial charge in [-0.05, 0) is 43.7 Å². The fourth-order valence-electron chi connectivity index (χ4n) is 4.00. The van der Waals surface area contributed by atoms with E-state index in [4.69, 9.17) is 14.8 Å². The van der Waals surface area contributed by atoms with E-state index in [1.165, 1.54) is 0 Å². The van der Waals surface area contributed by atoms with Crippen LogP contribution in [0.1, 0.15) is 24.1 Å². The van der Waals surface area contributed by atoms with Crippen molar-refractivity contribution in [3.8, 4) is 17.1 Å². The molecule has 1 amide bonds. The second kappa shape index (κ2) is 8.82. The number of hydrogen-bond donors (Lipinski definition) is 2. The third-order valence-corrected chi connectivity index (χ3v) is 5.76. The van der Waals surface area contributed by atoms with Gasteiger partial charge in [0.25, 0.3) is 5.91 Å². The summed E-state index contributed by atoms with van der Waals surface area (Å²) in [7, 11) is 1.62. The van der Waals surface area contributed by atoms with Gasteiger partial charge in [0.2, 0.25) is 5.95 Å². The van der Waals surface area contributed by atoms with E-state index in [-0.39, 0.29) is 5.91 Å². The number of benzene rings is 2. The van der Waals surface area contributed by atoms with Crippen molar-refractivity contribution >= 4 is 17.5 Å². The number of nitrogens with zero attached hydrogens (tertiary/aromatic N) is 4. The average molecular weight is 453 g/mol. The predicted octanol–water partition coefficient (Wildman–Crippen LogP) is 4.58. The number of carbonyl (C=O) groups is 1. The Kier molecular flexibility index (Phi) is 5.55. The number of rotatable bonds is 5. The highest BCUT2D eigenvalue weighted by atomic mass is 16.5. The van der Waals surface area contributed by atoms with E-state index in [0.29, 0.717) is 28.7 Å². The number of aromatic nitrogens is 4. The molecule has 1 atom stereocenters. The summed E-state index contributed by atoms with van der Waals surface area (Å²) in [6.07, 6.45) is 3.28. The quantitative estimate of drug-likeness (QED) is 0.460. The van der Waals surface area contributed by atoms with Crippen molar-refractivity contribution in [3.63, 3.8) is 0 Å². The molecule has 0 aliphatic carbocycles. The van der Waals surface area contributed by atoms with Crippen molar-refractivity contribution in [1.29, 1.82) is 0 Å². The molecule has 1 unspecified atom stereocenters. The molecule has 8 nitrogen and oxygen atoms in total. The van der Waals surface area contributed by atoms with Crippen molar-refractivity contribution in [1.82, 2.24) is 19.7 Å². The molecular weight excluding hydrogens is 428 g/mol. The Labute approximate surface area is 197 Å². The molecule has 3 heterocycles. The summed E-state index contributed by atoms with van der Waals surface area (Å²) >= 11 is 0. The lowest BCUT2D eigenvalue weighted by Gasteiger charge is -2.28. The van der Waals surface area contributed by atoms with Crippen LogP contribution in [0.5, 0.6) is 5.75 Å². The standard InChI is InChI=1S/C26H24N6O2/c1-16-6-8-19(9-7-16)24-30-26-28-17(2)22(25(33)29-20-5-4-14-27-15-20)23(32(26)31-24)18-10-12-21(34-3)13-11-18/h4-15,23H,1-3H3,(H,29,33)(H,28,30,31). The van der Waals surface area contributed by atoms with Crippen molar-refractivity contribution in [3.05, 3.63) is 95.5 Å². The van der Waals surface area contributed by atoms with Crippen LogP contribution in [-0.4, -0.2) is 32.8 Å². The zero-order valence-corrected chi connectivity index (χ0v) is 19.1. The lowest BCUT2D eigenvalue weighted by atomic mass is 9.95. The Morgan fingerprint density at radius 1 is 1.06 bits per heavy atom. The summed E-state index contributed by atoms with van der Waals surface area (Å²) in [5.74, 6) is 1.66. The molecule has 2 aromatic heterocycles. The summed E-state index contributed by atoms with van der Waals surface area (Å²) < 4.78 is 7.09. The number of anilines is 2. The highest BCUT2D eigenvalue weighted by Gasteiger charge is 2.34.